The van der Waals surface area contributed by atoms with Gasteiger partial charge in [0.2, 0.25) is 5.91 Å². The molecule has 4 atom stereocenters. The summed E-state index contributed by atoms with van der Waals surface area (Å²) in [5.74, 6) is -1.36. The molecule has 3 aliphatic heterocycles. The molecule has 1 amide bonds. The number of nitrogens with one attached hydrogen (secondary N) is 1. The van der Waals surface area contributed by atoms with Gasteiger partial charge >= 0.3 is 0 Å². The Morgan fingerprint density at radius 3 is 2.37 bits per heavy atom. The first-order chi connectivity index (χ1) is 19.5. The smallest absolute Gasteiger partial charge is 0.238 e. The molecule has 1 saturated heterocycles. The van der Waals surface area contributed by atoms with E-state index >= 15 is 0 Å². The first kappa shape index (κ1) is 27.2. The van der Waals surface area contributed by atoms with Gasteiger partial charge in [-0.15, -0.1) is 0 Å². The Labute approximate surface area is 242 Å². The molecule has 0 aromatic heterocycles. The van der Waals surface area contributed by atoms with E-state index < -0.39 is 28.8 Å². The van der Waals surface area contributed by atoms with Gasteiger partial charge in [0.25, 0.3) is 0 Å². The lowest BCUT2D eigenvalue weighted by molar-refractivity contribution is -0.128. The number of fused-ring (bicyclic) bond motifs is 6. The second kappa shape index (κ2) is 9.54. The van der Waals surface area contributed by atoms with Gasteiger partial charge in [-0.1, -0.05) is 94.3 Å². The zero-order valence-electron chi connectivity index (χ0n) is 24.7. The van der Waals surface area contributed by atoms with Crippen LogP contribution in [0.25, 0.3) is 5.57 Å². The summed E-state index contributed by atoms with van der Waals surface area (Å²) < 4.78 is 0. The lowest BCUT2D eigenvalue weighted by Crippen LogP contribution is -2.51. The number of anilines is 2. The van der Waals surface area contributed by atoms with E-state index in [4.69, 9.17) is 0 Å². The number of ketones is 2. The topological polar surface area (TPSA) is 66.5 Å². The molecule has 1 N–H and O–H groups in total. The molecule has 0 saturated carbocycles. The van der Waals surface area contributed by atoms with E-state index in [-0.39, 0.29) is 17.5 Å². The van der Waals surface area contributed by atoms with Crippen LogP contribution in [-0.2, 0) is 21.4 Å². The Morgan fingerprint density at radius 2 is 1.68 bits per heavy atom. The van der Waals surface area contributed by atoms with Crippen LogP contribution in [0.2, 0.25) is 0 Å². The van der Waals surface area contributed by atoms with Gasteiger partial charge in [-0.05, 0) is 55.2 Å². The van der Waals surface area contributed by atoms with Gasteiger partial charge in [-0.3, -0.25) is 14.4 Å². The van der Waals surface area contributed by atoms with Crippen LogP contribution < -0.4 is 10.2 Å². The van der Waals surface area contributed by atoms with Crippen LogP contribution >= 0.6 is 0 Å². The summed E-state index contributed by atoms with van der Waals surface area (Å²) in [6.45, 7) is 12.0. The molecule has 3 aliphatic rings. The third-order valence-electron chi connectivity index (χ3n) is 9.20. The number of amides is 1. The van der Waals surface area contributed by atoms with E-state index in [2.05, 4.69) is 49.2 Å². The normalized spacial score (nSPS) is 24.4. The second-order valence-corrected chi connectivity index (χ2v) is 12.9. The highest BCUT2D eigenvalue weighted by Crippen LogP contribution is 2.59. The summed E-state index contributed by atoms with van der Waals surface area (Å²) >= 11 is 0. The van der Waals surface area contributed by atoms with Crippen molar-refractivity contribution >= 4 is 34.4 Å². The SMILES string of the molecule is CCCc1ccc(C(=O)[C@H]2[C@@H](C(=O)C(C)(C)C)N3c4ccc(C)cc4C(C)=C[C@@H]3[C@]23C(=O)Nc2ccccc23)cc1. The number of para-hydroxylation sites is 1. The summed E-state index contributed by atoms with van der Waals surface area (Å²) in [7, 11) is 0. The third-order valence-corrected chi connectivity index (χ3v) is 9.20. The van der Waals surface area contributed by atoms with Crippen LogP contribution in [-0.4, -0.2) is 29.6 Å². The lowest BCUT2D eigenvalue weighted by atomic mass is 9.63. The fourth-order valence-corrected chi connectivity index (χ4v) is 7.29. The van der Waals surface area contributed by atoms with E-state index in [1.807, 2.05) is 75.4 Å². The highest BCUT2D eigenvalue weighted by molar-refractivity contribution is 6.17. The Morgan fingerprint density at radius 1 is 0.976 bits per heavy atom. The number of carbonyl (C=O) groups is 3. The van der Waals surface area contributed by atoms with Crippen molar-refractivity contribution in [1.29, 1.82) is 0 Å². The van der Waals surface area contributed by atoms with Crippen molar-refractivity contribution in [3.8, 4) is 0 Å². The molecule has 210 valence electrons. The number of hydrogen-bond acceptors (Lipinski definition) is 4. The van der Waals surface area contributed by atoms with Gasteiger partial charge in [-0.25, -0.2) is 0 Å². The van der Waals surface area contributed by atoms with Crippen LogP contribution in [0.3, 0.4) is 0 Å². The van der Waals surface area contributed by atoms with E-state index in [0.29, 0.717) is 11.3 Å². The van der Waals surface area contributed by atoms with Gasteiger partial charge in [0.15, 0.2) is 11.6 Å². The van der Waals surface area contributed by atoms with Gasteiger partial charge in [0.05, 0.1) is 12.0 Å². The third kappa shape index (κ3) is 3.93. The summed E-state index contributed by atoms with van der Waals surface area (Å²) in [5, 5.41) is 3.11. The van der Waals surface area contributed by atoms with Crippen LogP contribution in [0.5, 0.6) is 0 Å². The van der Waals surface area contributed by atoms with Crippen molar-refractivity contribution in [2.75, 3.05) is 10.2 Å². The molecule has 0 bridgehead atoms. The Balaban J connectivity index is 1.66. The molecule has 3 aromatic rings. The molecule has 5 nitrogen and oxygen atoms in total. The molecular formula is C36H38N2O3. The first-order valence-corrected chi connectivity index (χ1v) is 14.7. The summed E-state index contributed by atoms with van der Waals surface area (Å²) in [6, 6.07) is 20.3. The van der Waals surface area contributed by atoms with Crippen LogP contribution in [0, 0.1) is 18.3 Å². The maximum absolute atomic E-state index is 14.9. The standard InChI is InChI=1S/C36H38N2O3/c1-7-10-23-14-16-24(17-15-23)32(39)30-31(33(40)35(4,5)6)38-28-18-13-21(2)19-25(28)22(3)20-29(38)36(30)26-11-8-9-12-27(26)37-34(36)41/h8-9,11-20,29-31H,7,10H2,1-6H3,(H,37,41)/t29-,30-,31+,36+/m1/s1. The van der Waals surface area contributed by atoms with E-state index in [1.54, 1.807) is 0 Å². The van der Waals surface area contributed by atoms with Gasteiger partial charge in [0, 0.05) is 27.9 Å². The number of Topliss-reactive ketones (excluding diaryl/α,β-unsaturated/α-hetero) is 2. The Bertz CT molecular complexity index is 1610. The molecule has 1 fully saturated rings. The molecule has 5 heteroatoms. The predicted molar refractivity (Wildman–Crippen MR) is 164 cm³/mol. The molecular weight excluding hydrogens is 508 g/mol. The van der Waals surface area contributed by atoms with Crippen molar-refractivity contribution in [3.05, 3.63) is 101 Å². The number of hydrogen-bond donors (Lipinski definition) is 1. The fourth-order valence-electron chi connectivity index (χ4n) is 7.29. The molecule has 3 aromatic carbocycles. The average molecular weight is 547 g/mol. The summed E-state index contributed by atoms with van der Waals surface area (Å²) in [5.41, 5.74) is 5.26. The minimum Gasteiger partial charge on any atom is -0.352 e. The minimum absolute atomic E-state index is 0.0445. The summed E-state index contributed by atoms with van der Waals surface area (Å²) in [4.78, 5) is 46.0. The number of nitrogens with zero attached hydrogens (tertiary/aromatic N) is 1. The first-order valence-electron chi connectivity index (χ1n) is 14.7. The number of aryl methyl sites for hydroxylation is 2. The lowest BCUT2D eigenvalue weighted by Gasteiger charge is -2.40. The van der Waals surface area contributed by atoms with Crippen LogP contribution in [0.15, 0.2) is 72.8 Å². The molecule has 3 heterocycles. The zero-order valence-corrected chi connectivity index (χ0v) is 24.7. The van der Waals surface area contributed by atoms with E-state index in [0.717, 1.165) is 46.4 Å². The number of carbonyl (C=O) groups excluding carboxylic acids is 3. The Hall–Kier alpha value is -3.99. The second-order valence-electron chi connectivity index (χ2n) is 12.9. The van der Waals surface area contributed by atoms with Crippen LogP contribution in [0.1, 0.15) is 73.7 Å². The molecule has 0 unspecified atom stereocenters. The van der Waals surface area contributed by atoms with Crippen LogP contribution in [0.4, 0.5) is 11.4 Å². The zero-order chi connectivity index (χ0) is 29.3. The summed E-state index contributed by atoms with van der Waals surface area (Å²) in [6.07, 6.45) is 4.06. The highest BCUT2D eigenvalue weighted by Gasteiger charge is 2.71. The molecule has 0 radical (unpaired) electrons. The number of benzene rings is 3. The molecule has 6 rings (SSSR count). The minimum atomic E-state index is -1.27. The van der Waals surface area contributed by atoms with Crippen molar-refractivity contribution in [3.63, 3.8) is 0 Å². The monoisotopic (exact) mass is 546 g/mol. The van der Waals surface area contributed by atoms with Crippen molar-refractivity contribution in [1.82, 2.24) is 0 Å². The molecule has 0 aliphatic carbocycles. The number of allylic oxidation sites excluding steroid dienone is 1. The van der Waals surface area contributed by atoms with Crippen molar-refractivity contribution < 1.29 is 14.4 Å². The molecule has 41 heavy (non-hydrogen) atoms. The van der Waals surface area contributed by atoms with Gasteiger partial charge < -0.3 is 10.2 Å². The maximum atomic E-state index is 14.9. The highest BCUT2D eigenvalue weighted by atomic mass is 16.2. The largest absolute Gasteiger partial charge is 0.352 e. The average Bonchev–Trinajstić information content (AvgIpc) is 3.40. The number of rotatable bonds is 5. The van der Waals surface area contributed by atoms with E-state index in [9.17, 15) is 14.4 Å². The van der Waals surface area contributed by atoms with Gasteiger partial charge in [-0.2, -0.15) is 0 Å². The quantitative estimate of drug-likeness (QED) is 0.353. The fraction of sp³-hybridized carbons (Fsp3) is 0.361. The van der Waals surface area contributed by atoms with E-state index in [1.165, 1.54) is 0 Å². The van der Waals surface area contributed by atoms with Crippen molar-refractivity contribution in [2.45, 2.75) is 71.9 Å². The van der Waals surface area contributed by atoms with Gasteiger partial charge in [0.1, 0.15) is 11.5 Å². The van der Waals surface area contributed by atoms with Crippen molar-refractivity contribution in [2.24, 2.45) is 11.3 Å². The predicted octanol–water partition coefficient (Wildman–Crippen LogP) is 6.93. The maximum Gasteiger partial charge on any atom is 0.238 e. The Kier molecular flexibility index (Phi) is 6.33. The molecule has 1 spiro atoms.